The van der Waals surface area contributed by atoms with Crippen molar-refractivity contribution in [3.63, 3.8) is 0 Å². The molecule has 6 heteroatoms. The summed E-state index contributed by atoms with van der Waals surface area (Å²) in [5, 5.41) is 2.75. The number of rotatable bonds is 8. The Balaban J connectivity index is 4.02. The first-order chi connectivity index (χ1) is 8.38. The molecule has 0 bridgehead atoms. The van der Waals surface area contributed by atoms with Gasteiger partial charge in [0.2, 0.25) is 11.8 Å². The molecule has 0 aliphatic carbocycles. The molecule has 0 aromatic rings. The average molecular weight is 259 g/mol. The number of carbonyl (C=O) groups excluding carboxylic acids is 2. The molecule has 1 atom stereocenters. The van der Waals surface area contributed by atoms with Gasteiger partial charge in [0, 0.05) is 27.3 Å². The number of nitrogens with two attached hydrogens (primary N) is 1. The molecule has 0 spiro atoms. The van der Waals surface area contributed by atoms with Crippen LogP contribution in [0.25, 0.3) is 0 Å². The lowest BCUT2D eigenvalue weighted by Crippen LogP contribution is -2.46. The largest absolute Gasteiger partial charge is 0.385 e. The highest BCUT2D eigenvalue weighted by Gasteiger charge is 2.19. The van der Waals surface area contributed by atoms with Gasteiger partial charge in [-0.1, -0.05) is 13.8 Å². The van der Waals surface area contributed by atoms with Crippen molar-refractivity contribution in [1.29, 1.82) is 0 Å². The van der Waals surface area contributed by atoms with E-state index in [0.29, 0.717) is 25.5 Å². The molecule has 106 valence electrons. The fraction of sp³-hybridized carbons (Fsp3) is 0.833. The lowest BCUT2D eigenvalue weighted by Gasteiger charge is -2.21. The van der Waals surface area contributed by atoms with Gasteiger partial charge in [-0.15, -0.1) is 0 Å². The summed E-state index contributed by atoms with van der Waals surface area (Å²) in [7, 11) is 3.13. The highest BCUT2D eigenvalue weighted by Crippen LogP contribution is 1.96. The van der Waals surface area contributed by atoms with Gasteiger partial charge in [-0.3, -0.25) is 9.59 Å². The van der Waals surface area contributed by atoms with E-state index in [0.717, 1.165) is 0 Å². The van der Waals surface area contributed by atoms with Crippen LogP contribution in [0, 0.1) is 5.92 Å². The minimum absolute atomic E-state index is 0.0340. The van der Waals surface area contributed by atoms with Crippen LogP contribution in [0.5, 0.6) is 0 Å². The monoisotopic (exact) mass is 259 g/mol. The van der Waals surface area contributed by atoms with Crippen LogP contribution in [0.1, 0.15) is 20.3 Å². The van der Waals surface area contributed by atoms with Crippen molar-refractivity contribution in [2.45, 2.75) is 26.3 Å². The number of nitrogens with zero attached hydrogens (tertiary/aromatic N) is 1. The molecule has 2 amide bonds. The Bertz CT molecular complexity index is 269. The molecule has 0 aromatic carbocycles. The van der Waals surface area contributed by atoms with E-state index < -0.39 is 6.04 Å². The lowest BCUT2D eigenvalue weighted by molar-refractivity contribution is -0.136. The van der Waals surface area contributed by atoms with Gasteiger partial charge in [0.25, 0.3) is 0 Å². The van der Waals surface area contributed by atoms with Crippen LogP contribution < -0.4 is 11.1 Å². The first-order valence-corrected chi connectivity index (χ1v) is 6.14. The Morgan fingerprint density at radius 1 is 1.39 bits per heavy atom. The van der Waals surface area contributed by atoms with Crippen molar-refractivity contribution in [2.75, 3.05) is 33.9 Å². The normalized spacial score (nSPS) is 12.3. The van der Waals surface area contributed by atoms with E-state index in [1.807, 2.05) is 13.8 Å². The third kappa shape index (κ3) is 7.24. The number of ether oxygens (including phenoxy) is 1. The summed E-state index contributed by atoms with van der Waals surface area (Å²) in [6, 6.07) is -0.618. The molecular weight excluding hydrogens is 234 g/mol. The standard InChI is InChI=1S/C12H25N3O3/c1-9(2)7-14-11(16)8-15(3)12(17)10(13)5-6-18-4/h9-10H,5-8,13H2,1-4H3,(H,14,16). The zero-order chi connectivity index (χ0) is 14.1. The van der Waals surface area contributed by atoms with Crippen molar-refractivity contribution < 1.29 is 14.3 Å². The second-order valence-electron chi connectivity index (χ2n) is 4.78. The Morgan fingerprint density at radius 2 is 2.00 bits per heavy atom. The molecule has 3 N–H and O–H groups in total. The number of hydrogen-bond donors (Lipinski definition) is 2. The van der Waals surface area contributed by atoms with E-state index in [1.165, 1.54) is 4.90 Å². The van der Waals surface area contributed by atoms with Gasteiger partial charge in [0.15, 0.2) is 0 Å². The summed E-state index contributed by atoms with van der Waals surface area (Å²) in [5.74, 6) is -0.0239. The van der Waals surface area contributed by atoms with Crippen LogP contribution in [-0.2, 0) is 14.3 Å². The molecule has 0 fully saturated rings. The van der Waals surface area contributed by atoms with Crippen LogP contribution in [0.15, 0.2) is 0 Å². The molecule has 0 rings (SSSR count). The van der Waals surface area contributed by atoms with Crippen LogP contribution in [0.2, 0.25) is 0 Å². The summed E-state index contributed by atoms with van der Waals surface area (Å²) in [5.41, 5.74) is 5.70. The predicted molar refractivity (Wildman–Crippen MR) is 70.0 cm³/mol. The van der Waals surface area contributed by atoms with E-state index in [4.69, 9.17) is 10.5 Å². The fourth-order valence-electron chi connectivity index (χ4n) is 1.32. The van der Waals surface area contributed by atoms with Crippen molar-refractivity contribution in [1.82, 2.24) is 10.2 Å². The molecule has 6 nitrogen and oxygen atoms in total. The van der Waals surface area contributed by atoms with Crippen molar-refractivity contribution in [3.8, 4) is 0 Å². The molecule has 1 unspecified atom stereocenters. The van der Waals surface area contributed by atoms with Crippen LogP contribution in [-0.4, -0.2) is 56.6 Å². The van der Waals surface area contributed by atoms with Crippen molar-refractivity contribution in [2.24, 2.45) is 11.7 Å². The zero-order valence-corrected chi connectivity index (χ0v) is 11.7. The SMILES string of the molecule is COCCC(N)C(=O)N(C)CC(=O)NCC(C)C. The maximum Gasteiger partial charge on any atom is 0.239 e. The number of carbonyl (C=O) groups is 2. The van der Waals surface area contributed by atoms with Gasteiger partial charge in [0.05, 0.1) is 12.6 Å². The van der Waals surface area contributed by atoms with Gasteiger partial charge in [-0.05, 0) is 12.3 Å². The number of likely N-dealkylation sites (N-methyl/N-ethyl adjacent to an activating group) is 1. The molecule has 0 saturated heterocycles. The molecule has 0 aliphatic rings. The smallest absolute Gasteiger partial charge is 0.239 e. The zero-order valence-electron chi connectivity index (χ0n) is 11.7. The highest BCUT2D eigenvalue weighted by molar-refractivity contribution is 5.87. The Hall–Kier alpha value is -1.14. The number of methoxy groups -OCH3 is 1. The van der Waals surface area contributed by atoms with E-state index >= 15 is 0 Å². The second-order valence-corrected chi connectivity index (χ2v) is 4.78. The molecule has 0 aromatic heterocycles. The summed E-state index contributed by atoms with van der Waals surface area (Å²) >= 11 is 0. The highest BCUT2D eigenvalue weighted by atomic mass is 16.5. The number of amides is 2. The number of nitrogens with one attached hydrogen (secondary N) is 1. The Kier molecular flexibility index (Phi) is 8.32. The molecule has 0 heterocycles. The van der Waals surface area contributed by atoms with E-state index in [9.17, 15) is 9.59 Å². The van der Waals surface area contributed by atoms with Gasteiger partial charge < -0.3 is 20.7 Å². The Morgan fingerprint density at radius 3 is 2.50 bits per heavy atom. The van der Waals surface area contributed by atoms with E-state index in [2.05, 4.69) is 5.32 Å². The van der Waals surface area contributed by atoms with Crippen molar-refractivity contribution >= 4 is 11.8 Å². The average Bonchev–Trinajstić information content (AvgIpc) is 2.32. The predicted octanol–water partition coefficient (Wildman–Crippen LogP) is -0.419. The third-order valence-corrected chi connectivity index (χ3v) is 2.41. The van der Waals surface area contributed by atoms with E-state index in [1.54, 1.807) is 14.2 Å². The van der Waals surface area contributed by atoms with Gasteiger partial charge in [0.1, 0.15) is 0 Å². The first-order valence-electron chi connectivity index (χ1n) is 6.14. The summed E-state index contributed by atoms with van der Waals surface area (Å²) in [6.45, 7) is 5.09. The number of hydrogen-bond acceptors (Lipinski definition) is 4. The van der Waals surface area contributed by atoms with Crippen LogP contribution >= 0.6 is 0 Å². The first kappa shape index (κ1) is 16.9. The van der Waals surface area contributed by atoms with Gasteiger partial charge in [-0.25, -0.2) is 0 Å². The minimum Gasteiger partial charge on any atom is -0.385 e. The molecular formula is C12H25N3O3. The molecule has 0 saturated carbocycles. The summed E-state index contributed by atoms with van der Waals surface area (Å²) in [4.78, 5) is 24.7. The third-order valence-electron chi connectivity index (χ3n) is 2.41. The molecule has 18 heavy (non-hydrogen) atoms. The van der Waals surface area contributed by atoms with Crippen LogP contribution in [0.3, 0.4) is 0 Å². The maximum absolute atomic E-state index is 11.8. The molecule has 0 radical (unpaired) electrons. The quantitative estimate of drug-likeness (QED) is 0.620. The maximum atomic E-state index is 11.8. The van der Waals surface area contributed by atoms with Gasteiger partial charge >= 0.3 is 0 Å². The Labute approximate surface area is 109 Å². The molecule has 0 aliphatic heterocycles. The van der Waals surface area contributed by atoms with Gasteiger partial charge in [-0.2, -0.15) is 0 Å². The van der Waals surface area contributed by atoms with E-state index in [-0.39, 0.29) is 18.4 Å². The lowest BCUT2D eigenvalue weighted by atomic mass is 10.2. The second kappa shape index (κ2) is 8.88. The summed E-state index contributed by atoms with van der Waals surface area (Å²) < 4.78 is 4.86. The van der Waals surface area contributed by atoms with Crippen LogP contribution in [0.4, 0.5) is 0 Å². The van der Waals surface area contributed by atoms with Crippen molar-refractivity contribution in [3.05, 3.63) is 0 Å². The fourth-order valence-corrected chi connectivity index (χ4v) is 1.32. The summed E-state index contributed by atoms with van der Waals surface area (Å²) in [6.07, 6.45) is 0.452. The topological polar surface area (TPSA) is 84.7 Å². The minimum atomic E-state index is -0.618.